The molecule has 0 aliphatic carbocycles. The molecule has 13 nitrogen and oxygen atoms in total. The van der Waals surface area contributed by atoms with E-state index in [9.17, 15) is 24.3 Å². The first-order valence-corrected chi connectivity index (χ1v) is 20.1. The van der Waals surface area contributed by atoms with Gasteiger partial charge in [0.15, 0.2) is 10.8 Å². The number of oxime groups is 1. The van der Waals surface area contributed by atoms with Crippen molar-refractivity contribution in [3.63, 3.8) is 0 Å². The number of anilines is 2. The van der Waals surface area contributed by atoms with Gasteiger partial charge in [-0.1, -0.05) is 108 Å². The standard InChI is InChI=1S/C40H33N7O6S3/c1-53-44-31(30-23-55-39(41-30)43-40(25-13-5-2-6-14-25,26-15-7-3-8-16-26)27-17-9-4-10-18-27)34(48)42-32-36(50)47-33(38(51)52)24(22-54-37(32)47)21-46-35(49)28-19-11-12-20-29(28)45-56-46/h2-20,23,32,37,45H,21-22H2,1H3,(H,41,43)(H,42,48)(H,51,52)/t32-,37-/m1/s1. The molecule has 1 saturated heterocycles. The maximum atomic E-state index is 13.9. The topological polar surface area (TPSA) is 166 Å². The van der Waals surface area contributed by atoms with Gasteiger partial charge in [0.05, 0.1) is 29.9 Å². The lowest BCUT2D eigenvalue weighted by atomic mass is 9.77. The Bertz CT molecular complexity index is 2280. The largest absolute Gasteiger partial charge is 0.477 e. The number of aliphatic carboxylic acids is 1. The summed E-state index contributed by atoms with van der Waals surface area (Å²) in [6.45, 7) is -0.0159. The average Bonchev–Trinajstić information content (AvgIpc) is 3.70. The van der Waals surface area contributed by atoms with E-state index in [1.807, 2.05) is 97.1 Å². The van der Waals surface area contributed by atoms with Gasteiger partial charge in [0, 0.05) is 11.1 Å². The second-order valence-corrected chi connectivity index (χ2v) is 15.6. The van der Waals surface area contributed by atoms with Gasteiger partial charge < -0.3 is 25.3 Å². The van der Waals surface area contributed by atoms with E-state index in [4.69, 9.17) is 9.82 Å². The molecule has 1 aromatic heterocycles. The number of benzene rings is 4. The third kappa shape index (κ3) is 6.65. The number of nitrogens with zero attached hydrogens (tertiary/aromatic N) is 4. The molecule has 4 N–H and O–H groups in total. The minimum Gasteiger partial charge on any atom is -0.477 e. The first kappa shape index (κ1) is 36.9. The summed E-state index contributed by atoms with van der Waals surface area (Å²) in [6, 6.07) is 36.0. The third-order valence-corrected chi connectivity index (χ3v) is 12.5. The van der Waals surface area contributed by atoms with Crippen molar-refractivity contribution in [3.8, 4) is 0 Å². The number of hydrogen-bond acceptors (Lipinski definition) is 12. The number of carboxylic acid groups (broad SMARTS) is 1. The van der Waals surface area contributed by atoms with E-state index in [0.29, 0.717) is 22.0 Å². The highest BCUT2D eigenvalue weighted by atomic mass is 32.2. The quantitative estimate of drug-likeness (QED) is 0.0398. The van der Waals surface area contributed by atoms with Gasteiger partial charge in [0.2, 0.25) is 0 Å². The highest BCUT2D eigenvalue weighted by Crippen LogP contribution is 2.43. The van der Waals surface area contributed by atoms with Gasteiger partial charge in [-0.3, -0.25) is 23.6 Å². The highest BCUT2D eigenvalue weighted by Gasteiger charge is 2.55. The molecule has 16 heteroatoms. The van der Waals surface area contributed by atoms with E-state index in [2.05, 4.69) is 20.5 Å². The Labute approximate surface area is 334 Å². The zero-order valence-corrected chi connectivity index (χ0v) is 32.1. The van der Waals surface area contributed by atoms with Crippen LogP contribution in [0.4, 0.5) is 10.8 Å². The molecule has 1 fully saturated rings. The number of thiazole rings is 1. The first-order valence-electron chi connectivity index (χ1n) is 17.4. The van der Waals surface area contributed by atoms with Crippen LogP contribution in [0.1, 0.15) is 32.7 Å². The maximum absolute atomic E-state index is 13.9. The van der Waals surface area contributed by atoms with E-state index in [-0.39, 0.29) is 35.3 Å². The summed E-state index contributed by atoms with van der Waals surface area (Å²) < 4.78 is 4.53. The lowest BCUT2D eigenvalue weighted by Gasteiger charge is -2.49. The van der Waals surface area contributed by atoms with Gasteiger partial charge in [-0.15, -0.1) is 23.1 Å². The average molecular weight is 804 g/mol. The summed E-state index contributed by atoms with van der Waals surface area (Å²) in [4.78, 5) is 64.3. The van der Waals surface area contributed by atoms with Crippen LogP contribution in [0.2, 0.25) is 0 Å². The summed E-state index contributed by atoms with van der Waals surface area (Å²) >= 11 is 3.64. The summed E-state index contributed by atoms with van der Waals surface area (Å²) in [5, 5.41) is 22.2. The van der Waals surface area contributed by atoms with Gasteiger partial charge in [0.25, 0.3) is 17.7 Å². The molecule has 0 unspecified atom stereocenters. The van der Waals surface area contributed by atoms with Gasteiger partial charge >= 0.3 is 5.97 Å². The number of thioether (sulfide) groups is 1. The Morgan fingerprint density at radius 3 is 2.14 bits per heavy atom. The van der Waals surface area contributed by atoms with E-state index < -0.39 is 34.7 Å². The minimum atomic E-state index is -1.30. The fourth-order valence-electron chi connectivity index (χ4n) is 7.01. The molecule has 4 heterocycles. The zero-order chi connectivity index (χ0) is 38.8. The van der Waals surface area contributed by atoms with Crippen molar-refractivity contribution in [3.05, 3.63) is 160 Å². The second kappa shape index (κ2) is 15.6. The van der Waals surface area contributed by atoms with Crippen LogP contribution >= 0.6 is 35.2 Å². The van der Waals surface area contributed by atoms with Crippen LogP contribution in [-0.2, 0) is 24.8 Å². The SMILES string of the molecule is CON=C(C(=O)N[C@@H]1C(=O)N2C(C(=O)O)=C(CN3SNc4ccccc4C3=O)CS[C@H]12)c1csc(NC(c2ccccc2)(c2ccccc2)c2ccccc2)n1. The Morgan fingerprint density at radius 2 is 1.54 bits per heavy atom. The van der Waals surface area contributed by atoms with Crippen LogP contribution in [0.25, 0.3) is 0 Å². The molecule has 0 bridgehead atoms. The molecule has 3 aliphatic rings. The summed E-state index contributed by atoms with van der Waals surface area (Å²) in [7, 11) is 1.31. The number of rotatable bonds is 12. The van der Waals surface area contributed by atoms with E-state index in [0.717, 1.165) is 28.8 Å². The number of hydrogen-bond donors (Lipinski definition) is 4. The van der Waals surface area contributed by atoms with Crippen LogP contribution in [0, 0.1) is 0 Å². The zero-order valence-electron chi connectivity index (χ0n) is 29.6. The maximum Gasteiger partial charge on any atom is 0.352 e. The molecular weight excluding hydrogens is 771 g/mol. The number of para-hydroxylation sites is 1. The minimum absolute atomic E-state index is 0.0159. The monoisotopic (exact) mass is 803 g/mol. The Balaban J connectivity index is 1.02. The van der Waals surface area contributed by atoms with Crippen LogP contribution < -0.4 is 15.4 Å². The Kier molecular flexibility index (Phi) is 10.2. The summed E-state index contributed by atoms with van der Waals surface area (Å²) in [6.07, 6.45) is 0. The van der Waals surface area contributed by atoms with E-state index in [1.54, 1.807) is 23.6 Å². The van der Waals surface area contributed by atoms with Crippen LogP contribution in [-0.4, -0.2) is 79.5 Å². The summed E-state index contributed by atoms with van der Waals surface area (Å²) in [5.74, 6) is -2.66. The Morgan fingerprint density at radius 1 is 0.929 bits per heavy atom. The van der Waals surface area contributed by atoms with Gasteiger partial charge in [-0.2, -0.15) is 0 Å². The molecule has 282 valence electrons. The van der Waals surface area contributed by atoms with Crippen molar-refractivity contribution in [1.29, 1.82) is 0 Å². The molecule has 4 aromatic carbocycles. The third-order valence-electron chi connectivity index (χ3n) is 9.58. The fraction of sp³-hybridized carbons (Fsp3) is 0.150. The number of fused-ring (bicyclic) bond motifs is 2. The van der Waals surface area contributed by atoms with E-state index >= 15 is 0 Å². The van der Waals surface area contributed by atoms with Gasteiger partial charge in [-0.25, -0.2) is 9.78 Å². The van der Waals surface area contributed by atoms with Crippen LogP contribution in [0.3, 0.4) is 0 Å². The smallest absolute Gasteiger partial charge is 0.352 e. The van der Waals surface area contributed by atoms with Crippen LogP contribution in [0.15, 0.2) is 137 Å². The number of aromatic nitrogens is 1. The van der Waals surface area contributed by atoms with Crippen molar-refractivity contribution in [1.82, 2.24) is 19.5 Å². The molecule has 8 rings (SSSR count). The molecular formula is C40H33N7O6S3. The fourth-order valence-corrected chi connectivity index (χ4v) is 9.88. The lowest BCUT2D eigenvalue weighted by molar-refractivity contribution is -0.150. The van der Waals surface area contributed by atoms with Crippen molar-refractivity contribution < 1.29 is 29.1 Å². The second-order valence-electron chi connectivity index (χ2n) is 12.8. The number of carboxylic acids is 1. The number of amides is 3. The number of carbonyl (C=O) groups is 4. The molecule has 0 spiro atoms. The first-order chi connectivity index (χ1) is 27.3. The number of nitrogens with one attached hydrogen (secondary N) is 3. The molecule has 3 amide bonds. The van der Waals surface area contributed by atoms with E-state index in [1.165, 1.54) is 39.4 Å². The molecule has 3 aliphatic heterocycles. The van der Waals surface area contributed by atoms with Gasteiger partial charge in [0.1, 0.15) is 35.5 Å². The molecule has 5 aromatic rings. The molecule has 0 saturated carbocycles. The molecule has 56 heavy (non-hydrogen) atoms. The predicted molar refractivity (Wildman–Crippen MR) is 217 cm³/mol. The normalized spacial score (nSPS) is 18.0. The van der Waals surface area contributed by atoms with Crippen molar-refractivity contribution in [2.45, 2.75) is 17.0 Å². The number of carbonyl (C=O) groups excluding carboxylic acids is 3. The van der Waals surface area contributed by atoms with Crippen LogP contribution in [0.5, 0.6) is 0 Å². The molecule has 2 atom stereocenters. The van der Waals surface area contributed by atoms with Crippen molar-refractivity contribution in [2.75, 3.05) is 29.4 Å². The number of β-lactam (4-membered cyclic amide) rings is 1. The predicted octanol–water partition coefficient (Wildman–Crippen LogP) is 5.77. The Hall–Kier alpha value is -6.10. The summed E-state index contributed by atoms with van der Waals surface area (Å²) in [5.41, 5.74) is 3.44. The highest BCUT2D eigenvalue weighted by molar-refractivity contribution is 8.00. The molecule has 0 radical (unpaired) electrons. The van der Waals surface area contributed by atoms with Gasteiger partial charge in [-0.05, 0) is 34.4 Å². The lowest BCUT2D eigenvalue weighted by Crippen LogP contribution is -2.71. The van der Waals surface area contributed by atoms with Crippen molar-refractivity contribution in [2.24, 2.45) is 5.16 Å². The van der Waals surface area contributed by atoms with Crippen molar-refractivity contribution >= 4 is 75.5 Å².